The molecule has 2 rings (SSSR count). The van der Waals surface area contributed by atoms with Crippen molar-refractivity contribution in [3.05, 3.63) is 35.4 Å². The zero-order valence-corrected chi connectivity index (χ0v) is 15.3. The van der Waals surface area contributed by atoms with Crippen LogP contribution in [0, 0.1) is 0 Å². The average Bonchev–Trinajstić information content (AvgIpc) is 2.94. The van der Waals surface area contributed by atoms with Gasteiger partial charge in [0.25, 0.3) is 11.8 Å². The van der Waals surface area contributed by atoms with Gasteiger partial charge in [0.2, 0.25) is 5.91 Å². The summed E-state index contributed by atoms with van der Waals surface area (Å²) in [5.41, 5.74) is 0.437. The number of carbonyl (C=O) groups excluding carboxylic acids is 5. The summed E-state index contributed by atoms with van der Waals surface area (Å²) in [5.74, 6) is -3.07. The van der Waals surface area contributed by atoms with Crippen molar-refractivity contribution in [2.24, 2.45) is 0 Å². The Kier molecular flexibility index (Phi) is 6.27. The monoisotopic (exact) mass is 376 g/mol. The van der Waals surface area contributed by atoms with Crippen LogP contribution in [0.3, 0.4) is 0 Å². The quantitative estimate of drug-likeness (QED) is 0.495. The van der Waals surface area contributed by atoms with Crippen LogP contribution in [0.2, 0.25) is 0 Å². The summed E-state index contributed by atoms with van der Waals surface area (Å²) in [6.45, 7) is 0.861. The highest BCUT2D eigenvalue weighted by atomic mass is 16.5. The molecular formula is C18H20N2O7. The summed E-state index contributed by atoms with van der Waals surface area (Å²) in [4.78, 5) is 62.8. The molecule has 1 aromatic carbocycles. The van der Waals surface area contributed by atoms with Crippen LogP contribution in [0.1, 0.15) is 34.1 Å². The molecule has 9 nitrogen and oxygen atoms in total. The van der Waals surface area contributed by atoms with Crippen LogP contribution in [0.15, 0.2) is 24.3 Å². The van der Waals surface area contributed by atoms with Gasteiger partial charge in [-0.15, -0.1) is 0 Å². The predicted octanol–water partition coefficient (Wildman–Crippen LogP) is 0.236. The van der Waals surface area contributed by atoms with E-state index in [9.17, 15) is 24.0 Å². The Hall–Kier alpha value is -3.23. The summed E-state index contributed by atoms with van der Waals surface area (Å²) in [7, 11) is 2.37. The molecule has 27 heavy (non-hydrogen) atoms. The molecule has 1 aromatic rings. The molecule has 0 bridgehead atoms. The molecule has 0 N–H and O–H groups in total. The molecule has 0 saturated heterocycles. The van der Waals surface area contributed by atoms with Crippen molar-refractivity contribution in [2.75, 3.05) is 27.3 Å². The minimum Gasteiger partial charge on any atom is -0.469 e. The number of hydrogen-bond acceptors (Lipinski definition) is 7. The number of rotatable bonds is 7. The highest BCUT2D eigenvalue weighted by molar-refractivity contribution is 6.22. The van der Waals surface area contributed by atoms with Gasteiger partial charge in [-0.2, -0.15) is 0 Å². The van der Waals surface area contributed by atoms with Crippen molar-refractivity contribution in [1.29, 1.82) is 0 Å². The topological polar surface area (TPSA) is 110 Å². The van der Waals surface area contributed by atoms with E-state index in [1.165, 1.54) is 33.3 Å². The van der Waals surface area contributed by atoms with E-state index in [1.54, 1.807) is 12.1 Å². The second-order valence-corrected chi connectivity index (χ2v) is 5.86. The van der Waals surface area contributed by atoms with Gasteiger partial charge in [0.1, 0.15) is 12.6 Å². The molecule has 0 aromatic heterocycles. The maximum Gasteiger partial charge on any atom is 0.325 e. The molecule has 0 aliphatic carbocycles. The Bertz CT molecular complexity index is 755. The van der Waals surface area contributed by atoms with Crippen molar-refractivity contribution in [3.63, 3.8) is 0 Å². The molecule has 1 atom stereocenters. The van der Waals surface area contributed by atoms with Crippen LogP contribution in [0.25, 0.3) is 0 Å². The number of hydrogen-bond donors (Lipinski definition) is 0. The van der Waals surface area contributed by atoms with Crippen molar-refractivity contribution in [1.82, 2.24) is 9.80 Å². The summed E-state index contributed by atoms with van der Waals surface area (Å²) in [5, 5.41) is 0. The fourth-order valence-electron chi connectivity index (χ4n) is 2.75. The van der Waals surface area contributed by atoms with E-state index in [-0.39, 0.29) is 24.1 Å². The lowest BCUT2D eigenvalue weighted by Gasteiger charge is -2.28. The van der Waals surface area contributed by atoms with Crippen LogP contribution >= 0.6 is 0 Å². The molecule has 1 unspecified atom stereocenters. The van der Waals surface area contributed by atoms with E-state index in [4.69, 9.17) is 0 Å². The highest BCUT2D eigenvalue weighted by Gasteiger charge is 2.42. The van der Waals surface area contributed by atoms with Crippen LogP contribution in [0.5, 0.6) is 0 Å². The summed E-state index contributed by atoms with van der Waals surface area (Å²) >= 11 is 0. The predicted molar refractivity (Wildman–Crippen MR) is 91.6 cm³/mol. The molecule has 0 spiro atoms. The number of ether oxygens (including phenoxy) is 2. The molecule has 0 saturated carbocycles. The lowest BCUT2D eigenvalue weighted by Crippen LogP contribution is -2.51. The fraction of sp³-hybridized carbons (Fsp3) is 0.389. The Labute approximate surface area is 155 Å². The van der Waals surface area contributed by atoms with Crippen molar-refractivity contribution in [3.8, 4) is 0 Å². The summed E-state index contributed by atoms with van der Waals surface area (Å²) in [6, 6.07) is 5.12. The first-order chi connectivity index (χ1) is 12.8. The van der Waals surface area contributed by atoms with Crippen LogP contribution < -0.4 is 0 Å². The first-order valence-corrected chi connectivity index (χ1v) is 8.21. The number of imide groups is 1. The summed E-state index contributed by atoms with van der Waals surface area (Å²) < 4.78 is 9.10. The second kappa shape index (κ2) is 8.43. The zero-order valence-electron chi connectivity index (χ0n) is 15.3. The minimum atomic E-state index is -1.15. The number of carbonyl (C=O) groups is 5. The van der Waals surface area contributed by atoms with Gasteiger partial charge in [-0.25, -0.2) is 0 Å². The van der Waals surface area contributed by atoms with Gasteiger partial charge in [-0.05, 0) is 19.1 Å². The third kappa shape index (κ3) is 4.13. The van der Waals surface area contributed by atoms with Gasteiger partial charge in [0, 0.05) is 6.54 Å². The maximum absolute atomic E-state index is 12.8. The van der Waals surface area contributed by atoms with Crippen LogP contribution in [0.4, 0.5) is 0 Å². The number of benzene rings is 1. The SMILES string of the molecule is COC(=O)CCN(CC(=O)OC)C(=O)C(C)N1C(=O)c2ccccc2C1=O. The third-order valence-electron chi connectivity index (χ3n) is 4.24. The molecular weight excluding hydrogens is 356 g/mol. The third-order valence-corrected chi connectivity index (χ3v) is 4.24. The van der Waals surface area contributed by atoms with E-state index in [2.05, 4.69) is 9.47 Å². The number of amides is 3. The van der Waals surface area contributed by atoms with E-state index < -0.39 is 42.2 Å². The lowest BCUT2D eigenvalue weighted by atomic mass is 10.1. The Morgan fingerprint density at radius 1 is 1.00 bits per heavy atom. The van der Waals surface area contributed by atoms with Crippen molar-refractivity contribution in [2.45, 2.75) is 19.4 Å². The Morgan fingerprint density at radius 2 is 1.52 bits per heavy atom. The van der Waals surface area contributed by atoms with Gasteiger partial charge >= 0.3 is 11.9 Å². The Balaban J connectivity index is 2.21. The molecule has 0 fully saturated rings. The molecule has 3 amide bonds. The molecule has 0 radical (unpaired) electrons. The van der Waals surface area contributed by atoms with E-state index >= 15 is 0 Å². The average molecular weight is 376 g/mol. The number of esters is 2. The molecule has 144 valence electrons. The van der Waals surface area contributed by atoms with Crippen molar-refractivity contribution < 1.29 is 33.4 Å². The number of fused-ring (bicyclic) bond motifs is 1. The van der Waals surface area contributed by atoms with E-state index in [0.29, 0.717) is 0 Å². The largest absolute Gasteiger partial charge is 0.469 e. The van der Waals surface area contributed by atoms with Crippen molar-refractivity contribution >= 4 is 29.7 Å². The Morgan fingerprint density at radius 3 is 2.00 bits per heavy atom. The second-order valence-electron chi connectivity index (χ2n) is 5.86. The van der Waals surface area contributed by atoms with Gasteiger partial charge in [0.05, 0.1) is 31.8 Å². The molecule has 1 heterocycles. The molecule has 1 aliphatic rings. The minimum absolute atomic E-state index is 0.117. The first-order valence-electron chi connectivity index (χ1n) is 8.21. The smallest absolute Gasteiger partial charge is 0.325 e. The summed E-state index contributed by atoms with van der Waals surface area (Å²) in [6.07, 6.45) is -0.145. The maximum atomic E-state index is 12.8. The van der Waals surface area contributed by atoms with E-state index in [0.717, 1.165) is 9.80 Å². The number of nitrogens with zero attached hydrogens (tertiary/aromatic N) is 2. The lowest BCUT2D eigenvalue weighted by molar-refractivity contribution is -0.149. The van der Waals surface area contributed by atoms with Gasteiger partial charge in [-0.3, -0.25) is 28.9 Å². The number of methoxy groups -OCH3 is 2. The zero-order chi connectivity index (χ0) is 20.1. The molecule has 1 aliphatic heterocycles. The van der Waals surface area contributed by atoms with Gasteiger partial charge in [-0.1, -0.05) is 12.1 Å². The van der Waals surface area contributed by atoms with E-state index in [1.807, 2.05) is 0 Å². The standard InChI is InChI=1S/C18H20N2O7/c1-11(20-17(24)12-6-4-5-7-13(12)18(20)25)16(23)19(10-15(22)27-3)9-8-14(21)26-2/h4-7,11H,8-10H2,1-3H3. The van der Waals surface area contributed by atoms with Crippen LogP contribution in [-0.4, -0.2) is 72.8 Å². The van der Waals surface area contributed by atoms with Gasteiger partial charge in [0.15, 0.2) is 0 Å². The molecule has 9 heteroatoms. The fourth-order valence-corrected chi connectivity index (χ4v) is 2.75. The highest BCUT2D eigenvalue weighted by Crippen LogP contribution is 2.25. The van der Waals surface area contributed by atoms with Crippen LogP contribution in [-0.2, 0) is 23.9 Å². The normalized spacial score (nSPS) is 13.8. The first kappa shape index (κ1) is 20.1. The van der Waals surface area contributed by atoms with Gasteiger partial charge < -0.3 is 14.4 Å².